The van der Waals surface area contributed by atoms with Crippen LogP contribution in [0.5, 0.6) is 5.75 Å². The molecule has 0 amide bonds. The lowest BCUT2D eigenvalue weighted by atomic mass is 9.97. The number of methoxy groups -OCH3 is 1. The monoisotopic (exact) mass is 412 g/mol. The summed E-state index contributed by atoms with van der Waals surface area (Å²) in [4.78, 5) is 7.23. The molecule has 8 heteroatoms. The number of rotatable bonds is 5. The van der Waals surface area contributed by atoms with Crippen LogP contribution in [0, 0.1) is 22.0 Å². The third-order valence-electron chi connectivity index (χ3n) is 5.51. The van der Waals surface area contributed by atoms with Gasteiger partial charge in [-0.05, 0) is 55.2 Å². The first-order chi connectivity index (χ1) is 13.9. The van der Waals surface area contributed by atoms with Crippen LogP contribution in [0.3, 0.4) is 0 Å². The molecule has 1 atom stereocenters. The molecule has 2 heterocycles. The predicted molar refractivity (Wildman–Crippen MR) is 116 cm³/mol. The topological polar surface area (TPSA) is 84.5 Å². The number of anilines is 1. The van der Waals surface area contributed by atoms with Crippen molar-refractivity contribution in [2.45, 2.75) is 19.4 Å². The van der Waals surface area contributed by atoms with E-state index in [1.165, 1.54) is 5.56 Å². The van der Waals surface area contributed by atoms with Crippen molar-refractivity contribution in [1.29, 1.82) is 5.26 Å². The Morgan fingerprint density at radius 2 is 2.00 bits per heavy atom. The van der Waals surface area contributed by atoms with E-state index in [4.69, 9.17) is 27.7 Å². The molecule has 0 spiro atoms. The van der Waals surface area contributed by atoms with Crippen molar-refractivity contribution in [1.82, 2.24) is 14.0 Å². The number of ether oxygens (including phenoxy) is 1. The zero-order valence-corrected chi connectivity index (χ0v) is 18.1. The van der Waals surface area contributed by atoms with E-state index in [1.54, 1.807) is 23.3 Å². The second-order valence-corrected chi connectivity index (χ2v) is 7.89. The average Bonchev–Trinajstić information content (AvgIpc) is 2.74. The molecule has 1 unspecified atom stereocenters. The Balaban J connectivity index is 1.74. The number of nitrogens with zero attached hydrogens (tertiary/aromatic N) is 5. The first kappa shape index (κ1) is 21.1. The normalized spacial score (nSPS) is 17.9. The minimum atomic E-state index is 0.360. The van der Waals surface area contributed by atoms with Crippen LogP contribution in [0.4, 0.5) is 5.82 Å². The molecule has 1 aromatic heterocycles. The summed E-state index contributed by atoms with van der Waals surface area (Å²) < 4.78 is 9.19. The van der Waals surface area contributed by atoms with E-state index in [0.29, 0.717) is 34.1 Å². The maximum Gasteiger partial charge on any atom is 0.182 e. The van der Waals surface area contributed by atoms with Crippen LogP contribution >= 0.6 is 12.2 Å². The highest BCUT2D eigenvalue weighted by atomic mass is 32.1. The quantitative estimate of drug-likeness (QED) is 0.762. The molecule has 0 bridgehead atoms. The number of hydrogen-bond acceptors (Lipinski definition) is 6. The number of nitrogens with two attached hydrogens (primary N) is 1. The van der Waals surface area contributed by atoms with E-state index in [-0.39, 0.29) is 0 Å². The summed E-state index contributed by atoms with van der Waals surface area (Å²) in [5.41, 5.74) is 8.32. The molecule has 154 valence electrons. The van der Waals surface area contributed by atoms with E-state index in [0.717, 1.165) is 38.2 Å². The van der Waals surface area contributed by atoms with Crippen molar-refractivity contribution in [3.05, 3.63) is 45.7 Å². The van der Waals surface area contributed by atoms with Gasteiger partial charge in [-0.25, -0.2) is 0 Å². The van der Waals surface area contributed by atoms with Crippen molar-refractivity contribution in [3.63, 3.8) is 0 Å². The summed E-state index contributed by atoms with van der Waals surface area (Å²) in [5, 5.41) is 9.55. The fraction of sp³-hybridized carbons (Fsp3) is 0.476. The smallest absolute Gasteiger partial charge is 0.182 e. The number of aromatic nitrogens is 2. The van der Waals surface area contributed by atoms with Crippen molar-refractivity contribution in [2.24, 2.45) is 25.0 Å². The highest BCUT2D eigenvalue weighted by molar-refractivity contribution is 7.71. The Morgan fingerprint density at radius 1 is 1.28 bits per heavy atom. The van der Waals surface area contributed by atoms with E-state index in [1.807, 2.05) is 19.2 Å². The molecule has 1 aliphatic rings. The largest absolute Gasteiger partial charge is 0.497 e. The van der Waals surface area contributed by atoms with Gasteiger partial charge in [0.15, 0.2) is 10.3 Å². The predicted octanol–water partition coefficient (Wildman–Crippen LogP) is 2.37. The number of piperidine rings is 1. The Morgan fingerprint density at radius 3 is 2.66 bits per heavy atom. The van der Waals surface area contributed by atoms with Crippen molar-refractivity contribution < 1.29 is 4.74 Å². The van der Waals surface area contributed by atoms with Gasteiger partial charge in [0.2, 0.25) is 0 Å². The summed E-state index contributed by atoms with van der Waals surface area (Å²) in [7, 11) is 5.28. The molecule has 1 aliphatic heterocycles. The summed E-state index contributed by atoms with van der Waals surface area (Å²) >= 11 is 5.42. The van der Waals surface area contributed by atoms with Crippen LogP contribution in [0.15, 0.2) is 29.3 Å². The van der Waals surface area contributed by atoms with Crippen LogP contribution < -0.4 is 16.0 Å². The lowest BCUT2D eigenvalue weighted by Crippen LogP contribution is -2.37. The van der Waals surface area contributed by atoms with Gasteiger partial charge >= 0.3 is 0 Å². The van der Waals surface area contributed by atoms with Gasteiger partial charge in [0.25, 0.3) is 0 Å². The Bertz CT molecular complexity index is 1030. The molecule has 1 fully saturated rings. The molecule has 2 N–H and O–H groups in total. The summed E-state index contributed by atoms with van der Waals surface area (Å²) in [6.45, 7) is 3.65. The van der Waals surface area contributed by atoms with E-state index >= 15 is 0 Å². The summed E-state index contributed by atoms with van der Waals surface area (Å²) in [6.07, 6.45) is 2.27. The van der Waals surface area contributed by atoms with Gasteiger partial charge < -0.3 is 19.6 Å². The maximum atomic E-state index is 9.55. The van der Waals surface area contributed by atoms with Crippen molar-refractivity contribution in [3.8, 4) is 11.8 Å². The molecule has 0 aliphatic carbocycles. The molecular weight excluding hydrogens is 384 g/mol. The van der Waals surface area contributed by atoms with Gasteiger partial charge in [-0.15, -0.1) is 0 Å². The lowest BCUT2D eigenvalue weighted by Gasteiger charge is -2.32. The molecule has 7 nitrogen and oxygen atoms in total. The van der Waals surface area contributed by atoms with E-state index in [9.17, 15) is 5.26 Å². The van der Waals surface area contributed by atoms with E-state index < -0.39 is 0 Å². The van der Waals surface area contributed by atoms with Gasteiger partial charge in [-0.1, -0.05) is 12.1 Å². The second kappa shape index (κ2) is 9.25. The third-order valence-corrected chi connectivity index (χ3v) is 6.06. The molecule has 1 saturated heterocycles. The van der Waals surface area contributed by atoms with Crippen LogP contribution in [0.1, 0.15) is 24.0 Å². The summed E-state index contributed by atoms with van der Waals surface area (Å²) in [5.74, 6) is 1.68. The summed E-state index contributed by atoms with van der Waals surface area (Å²) in [6, 6.07) is 10.4. The Hall–Kier alpha value is -2.63. The molecule has 0 saturated carbocycles. The first-order valence-electron chi connectivity index (χ1n) is 9.76. The van der Waals surface area contributed by atoms with Crippen LogP contribution in [0.2, 0.25) is 0 Å². The average molecular weight is 413 g/mol. The van der Waals surface area contributed by atoms with Crippen molar-refractivity contribution in [2.75, 3.05) is 32.5 Å². The minimum absolute atomic E-state index is 0.360. The first-order valence-corrected chi connectivity index (χ1v) is 10.2. The molecule has 3 rings (SSSR count). The Labute approximate surface area is 176 Å². The van der Waals surface area contributed by atoms with Crippen LogP contribution in [0.25, 0.3) is 0 Å². The number of likely N-dealkylation sites (tertiary alicyclic amines) is 1. The molecule has 0 radical (unpaired) electrons. The zero-order valence-electron chi connectivity index (χ0n) is 17.3. The second-order valence-electron chi connectivity index (χ2n) is 7.53. The number of nitrogen functional groups attached to an aromatic ring is 1. The van der Waals surface area contributed by atoms with E-state index in [2.05, 4.69) is 23.1 Å². The third kappa shape index (κ3) is 4.69. The van der Waals surface area contributed by atoms with Gasteiger partial charge in [0, 0.05) is 33.7 Å². The molecule has 1 aromatic carbocycles. The molecule has 29 heavy (non-hydrogen) atoms. The van der Waals surface area contributed by atoms with Gasteiger partial charge in [-0.2, -0.15) is 5.26 Å². The molecule has 2 aromatic rings. The lowest BCUT2D eigenvalue weighted by molar-refractivity contribution is 0.170. The Kier molecular flexibility index (Phi) is 6.72. The van der Waals surface area contributed by atoms with Gasteiger partial charge in [0.05, 0.1) is 7.11 Å². The fourth-order valence-electron chi connectivity index (χ4n) is 3.81. The fourth-order valence-corrected chi connectivity index (χ4v) is 3.99. The van der Waals surface area contributed by atoms with Crippen LogP contribution in [-0.4, -0.2) is 40.8 Å². The highest BCUT2D eigenvalue weighted by Crippen LogP contribution is 2.20. The number of hydrogen-bond donors (Lipinski definition) is 1. The van der Waals surface area contributed by atoms with Crippen molar-refractivity contribution >= 4 is 18.0 Å². The molecular formula is C21H28N6OS. The highest BCUT2D eigenvalue weighted by Gasteiger charge is 2.20. The van der Waals surface area contributed by atoms with Crippen LogP contribution in [-0.2, 0) is 20.6 Å². The number of benzene rings is 1. The number of nitriles is 1. The SMILES string of the molecule is COc1ccc(CN2CCCC(CN=c3c(C#N)c(N)n(C)c(=S)n3C)C2)cc1. The zero-order chi connectivity index (χ0) is 21.0. The minimum Gasteiger partial charge on any atom is -0.497 e. The van der Waals surface area contributed by atoms with Gasteiger partial charge in [0.1, 0.15) is 23.2 Å². The maximum absolute atomic E-state index is 9.55. The standard InChI is InChI=1S/C21H28N6OS/c1-25-19(23)18(11-22)20(26(2)21(25)29)24-12-16-5-4-10-27(14-16)13-15-6-8-17(28-3)9-7-15/h6-9,16H,4-5,10,12-14,23H2,1-3H3. The van der Waals surface area contributed by atoms with Gasteiger partial charge in [-0.3, -0.25) is 9.89 Å².